The van der Waals surface area contributed by atoms with E-state index in [1.807, 2.05) is 0 Å². The van der Waals surface area contributed by atoms with Gasteiger partial charge >= 0.3 is 6.03 Å². The number of anilines is 2. The maximum Gasteiger partial charge on any atom is 0.342 e. The van der Waals surface area contributed by atoms with E-state index in [0.717, 1.165) is 4.31 Å². The highest BCUT2D eigenvalue weighted by molar-refractivity contribution is 7.94. The number of urea groups is 1. The summed E-state index contributed by atoms with van der Waals surface area (Å²) in [4.78, 5) is 13.8. The Morgan fingerprint density at radius 3 is 2.70 bits per heavy atom. The standard InChI is InChI=1S/C12H9ClN2O3S2/c1-14-10-6-19-7-11(10)20(17,18)15(12(14)16)9-4-2-3-8(13)5-9/h2-7H,1H3. The lowest BCUT2D eigenvalue weighted by molar-refractivity contribution is 0.255. The van der Waals surface area contributed by atoms with Crippen molar-refractivity contribution in [1.82, 2.24) is 0 Å². The summed E-state index contributed by atoms with van der Waals surface area (Å²) in [5.41, 5.74) is 0.629. The van der Waals surface area contributed by atoms with E-state index in [0.29, 0.717) is 10.7 Å². The molecule has 0 bridgehead atoms. The van der Waals surface area contributed by atoms with Crippen LogP contribution in [0.25, 0.3) is 0 Å². The number of benzene rings is 1. The molecule has 104 valence electrons. The molecule has 5 nitrogen and oxygen atoms in total. The summed E-state index contributed by atoms with van der Waals surface area (Å²) in [6.07, 6.45) is 0. The van der Waals surface area contributed by atoms with Gasteiger partial charge in [0.25, 0.3) is 10.0 Å². The molecule has 0 spiro atoms. The Balaban J connectivity index is 2.24. The van der Waals surface area contributed by atoms with Crippen molar-refractivity contribution >= 4 is 50.4 Å². The fourth-order valence-electron chi connectivity index (χ4n) is 2.01. The molecule has 1 aromatic heterocycles. The molecule has 1 aliphatic heterocycles. The molecule has 0 atom stereocenters. The van der Waals surface area contributed by atoms with Gasteiger partial charge in [-0.3, -0.25) is 4.90 Å². The number of rotatable bonds is 1. The number of hydrogen-bond acceptors (Lipinski definition) is 4. The van der Waals surface area contributed by atoms with Crippen molar-refractivity contribution in [3.05, 3.63) is 40.0 Å². The number of fused-ring (bicyclic) bond motifs is 1. The van der Waals surface area contributed by atoms with Crippen molar-refractivity contribution in [1.29, 1.82) is 0 Å². The van der Waals surface area contributed by atoms with Gasteiger partial charge in [-0.15, -0.1) is 11.3 Å². The van der Waals surface area contributed by atoms with Gasteiger partial charge in [-0.25, -0.2) is 13.2 Å². The first-order chi connectivity index (χ1) is 9.43. The first kappa shape index (κ1) is 13.4. The third-order valence-electron chi connectivity index (χ3n) is 2.99. The van der Waals surface area contributed by atoms with Crippen molar-refractivity contribution in [3.8, 4) is 0 Å². The smallest absolute Gasteiger partial charge is 0.294 e. The van der Waals surface area contributed by atoms with Gasteiger partial charge in [0.05, 0.1) is 11.4 Å². The Kier molecular flexibility index (Phi) is 3.00. The topological polar surface area (TPSA) is 57.7 Å². The molecule has 0 fully saturated rings. The summed E-state index contributed by atoms with van der Waals surface area (Å²) in [5, 5.41) is 3.52. The van der Waals surface area contributed by atoms with E-state index < -0.39 is 16.1 Å². The lowest BCUT2D eigenvalue weighted by Crippen LogP contribution is -2.49. The quantitative estimate of drug-likeness (QED) is 0.808. The molecule has 2 aromatic rings. The van der Waals surface area contributed by atoms with Crippen LogP contribution in [0.1, 0.15) is 0 Å². The lowest BCUT2D eigenvalue weighted by Gasteiger charge is -2.32. The Labute approximate surface area is 125 Å². The maximum atomic E-state index is 12.6. The number of nitrogens with zero attached hydrogens (tertiary/aromatic N) is 2. The van der Waals surface area contributed by atoms with Crippen molar-refractivity contribution in [3.63, 3.8) is 0 Å². The predicted octanol–water partition coefficient (Wildman–Crippen LogP) is 3.17. The third kappa shape index (κ3) is 1.81. The molecule has 0 saturated carbocycles. The maximum absolute atomic E-state index is 12.6. The van der Waals surface area contributed by atoms with Gasteiger partial charge in [0.2, 0.25) is 0 Å². The highest BCUT2D eigenvalue weighted by Crippen LogP contribution is 2.38. The molecular formula is C12H9ClN2O3S2. The third-order valence-corrected chi connectivity index (χ3v) is 5.84. The molecule has 3 rings (SSSR count). The molecule has 0 saturated heterocycles. The van der Waals surface area contributed by atoms with Gasteiger partial charge in [0.1, 0.15) is 4.90 Å². The molecule has 1 aliphatic rings. The van der Waals surface area contributed by atoms with Crippen molar-refractivity contribution < 1.29 is 13.2 Å². The fraction of sp³-hybridized carbons (Fsp3) is 0.0833. The fourth-order valence-corrected chi connectivity index (χ4v) is 5.02. The molecule has 2 heterocycles. The van der Waals surface area contributed by atoms with Crippen LogP contribution >= 0.6 is 22.9 Å². The molecule has 2 amide bonds. The van der Waals surface area contributed by atoms with Crippen LogP contribution in [0.5, 0.6) is 0 Å². The summed E-state index contributed by atoms with van der Waals surface area (Å²) in [6.45, 7) is 0. The summed E-state index contributed by atoms with van der Waals surface area (Å²) in [6, 6.07) is 5.57. The molecule has 1 aromatic carbocycles. The van der Waals surface area contributed by atoms with E-state index in [2.05, 4.69) is 0 Å². The monoisotopic (exact) mass is 328 g/mol. The van der Waals surface area contributed by atoms with Gasteiger partial charge in [-0.05, 0) is 18.2 Å². The number of sulfonamides is 1. The summed E-state index contributed by atoms with van der Waals surface area (Å²) in [7, 11) is -2.36. The first-order valence-electron chi connectivity index (χ1n) is 5.57. The highest BCUT2D eigenvalue weighted by atomic mass is 35.5. The van der Waals surface area contributed by atoms with Gasteiger partial charge in [-0.1, -0.05) is 17.7 Å². The van der Waals surface area contributed by atoms with Gasteiger partial charge in [0, 0.05) is 22.8 Å². The van der Waals surface area contributed by atoms with E-state index in [1.54, 1.807) is 24.6 Å². The number of halogens is 1. The number of carbonyl (C=O) groups is 1. The minimum absolute atomic E-state index is 0.129. The van der Waals surface area contributed by atoms with Crippen LogP contribution in [0, 0.1) is 0 Å². The highest BCUT2D eigenvalue weighted by Gasteiger charge is 2.41. The van der Waals surface area contributed by atoms with Crippen molar-refractivity contribution in [2.75, 3.05) is 16.3 Å². The number of thiophene rings is 1. The Bertz CT molecular complexity index is 801. The number of carbonyl (C=O) groups excluding carboxylic acids is 1. The minimum atomic E-state index is -3.90. The second-order valence-electron chi connectivity index (χ2n) is 4.21. The van der Waals surface area contributed by atoms with Gasteiger partial charge < -0.3 is 0 Å². The molecule has 0 unspecified atom stereocenters. The Morgan fingerprint density at radius 2 is 2.00 bits per heavy atom. The molecule has 0 radical (unpaired) electrons. The molecule has 20 heavy (non-hydrogen) atoms. The summed E-state index contributed by atoms with van der Waals surface area (Å²) in [5.74, 6) is 0. The summed E-state index contributed by atoms with van der Waals surface area (Å²) < 4.78 is 25.9. The zero-order chi connectivity index (χ0) is 14.5. The van der Waals surface area contributed by atoms with Gasteiger partial charge in [0.15, 0.2) is 0 Å². The average Bonchev–Trinajstić information content (AvgIpc) is 2.86. The number of hydrogen-bond donors (Lipinski definition) is 0. The van der Waals surface area contributed by atoms with Crippen LogP contribution in [-0.2, 0) is 10.0 Å². The van der Waals surface area contributed by atoms with E-state index in [9.17, 15) is 13.2 Å². The van der Waals surface area contributed by atoms with Crippen LogP contribution in [0.2, 0.25) is 5.02 Å². The summed E-state index contributed by atoms with van der Waals surface area (Å²) >= 11 is 7.11. The van der Waals surface area contributed by atoms with Crippen LogP contribution in [-0.4, -0.2) is 21.5 Å². The predicted molar refractivity (Wildman–Crippen MR) is 79.2 cm³/mol. The lowest BCUT2D eigenvalue weighted by atomic mass is 10.3. The normalized spacial score (nSPS) is 17.2. The van der Waals surface area contributed by atoms with E-state index in [-0.39, 0.29) is 10.6 Å². The van der Waals surface area contributed by atoms with Gasteiger partial charge in [-0.2, -0.15) is 4.31 Å². The van der Waals surface area contributed by atoms with Crippen molar-refractivity contribution in [2.24, 2.45) is 0 Å². The van der Waals surface area contributed by atoms with Crippen LogP contribution in [0.4, 0.5) is 16.2 Å². The molecule has 8 heteroatoms. The van der Waals surface area contributed by atoms with Crippen LogP contribution < -0.4 is 9.21 Å². The number of amides is 2. The second kappa shape index (κ2) is 4.47. The van der Waals surface area contributed by atoms with Crippen molar-refractivity contribution in [2.45, 2.75) is 4.90 Å². The zero-order valence-electron chi connectivity index (χ0n) is 10.3. The zero-order valence-corrected chi connectivity index (χ0v) is 12.7. The Morgan fingerprint density at radius 1 is 1.25 bits per heavy atom. The second-order valence-corrected chi connectivity index (χ2v) is 7.15. The van der Waals surface area contributed by atoms with E-state index >= 15 is 0 Å². The SMILES string of the molecule is CN1C(=O)N(c2cccc(Cl)c2)S(=O)(=O)c2cscc21. The Hall–Kier alpha value is -1.57. The van der Waals surface area contributed by atoms with E-state index in [4.69, 9.17) is 11.6 Å². The first-order valence-corrected chi connectivity index (χ1v) is 8.34. The van der Waals surface area contributed by atoms with Crippen LogP contribution in [0.3, 0.4) is 0 Å². The molecular weight excluding hydrogens is 320 g/mol. The average molecular weight is 329 g/mol. The van der Waals surface area contributed by atoms with Crippen LogP contribution in [0.15, 0.2) is 39.9 Å². The minimum Gasteiger partial charge on any atom is -0.294 e. The van der Waals surface area contributed by atoms with E-state index in [1.165, 1.54) is 33.7 Å². The molecule has 0 N–H and O–H groups in total. The molecule has 0 aliphatic carbocycles. The largest absolute Gasteiger partial charge is 0.342 e.